The molecule has 4 rings (SSSR count). The minimum Gasteiger partial charge on any atom is -0.392 e. The third-order valence-electron chi connectivity index (χ3n) is 4.35. The van der Waals surface area contributed by atoms with Crippen LogP contribution >= 0.6 is 11.6 Å². The summed E-state index contributed by atoms with van der Waals surface area (Å²) in [6.07, 6.45) is 1.48. The van der Waals surface area contributed by atoms with Crippen LogP contribution in [0.4, 0.5) is 5.95 Å². The third kappa shape index (κ3) is 3.61. The van der Waals surface area contributed by atoms with Crippen molar-refractivity contribution in [1.29, 1.82) is 0 Å². The van der Waals surface area contributed by atoms with Crippen LogP contribution in [0.2, 0.25) is 5.15 Å². The second kappa shape index (κ2) is 7.83. The number of anilines is 1. The second-order valence-corrected chi connectivity index (χ2v) is 6.57. The highest BCUT2D eigenvalue weighted by Crippen LogP contribution is 2.28. The molecule has 0 radical (unpaired) electrons. The van der Waals surface area contributed by atoms with Gasteiger partial charge < -0.3 is 5.11 Å². The minimum absolute atomic E-state index is 0.0297. The number of fused-ring (bicyclic) bond motifs is 1. The Balaban J connectivity index is 1.79. The molecule has 2 aromatic carbocycles. The average Bonchev–Trinajstić information content (AvgIpc) is 3.13. The lowest BCUT2D eigenvalue weighted by atomic mass is 10.2. The molecule has 0 aliphatic heterocycles. The fraction of sp³-hybridized carbons (Fsp3) is 0.0476. The molecule has 0 fully saturated rings. The minimum atomic E-state index is -0.407. The van der Waals surface area contributed by atoms with Crippen LogP contribution in [-0.4, -0.2) is 31.5 Å². The van der Waals surface area contributed by atoms with E-state index in [-0.39, 0.29) is 29.3 Å². The number of carbonyl (C=O) groups is 2. The fourth-order valence-corrected chi connectivity index (χ4v) is 3.25. The second-order valence-electron chi connectivity index (χ2n) is 6.21. The number of halogens is 1. The van der Waals surface area contributed by atoms with Crippen LogP contribution < -0.4 is 5.32 Å². The van der Waals surface area contributed by atoms with Crippen LogP contribution in [0.5, 0.6) is 0 Å². The molecule has 1 amide bonds. The Bertz CT molecular complexity index is 1210. The Morgan fingerprint density at radius 3 is 2.21 bits per heavy atom. The largest absolute Gasteiger partial charge is 0.392 e. The number of aliphatic hydroxyl groups is 1. The number of hydrogen-bond donors (Lipinski definition) is 2. The Morgan fingerprint density at radius 1 is 0.966 bits per heavy atom. The molecular formula is C21H15ClN4O3. The normalized spacial score (nSPS) is 10.8. The van der Waals surface area contributed by atoms with Gasteiger partial charge in [0.2, 0.25) is 5.95 Å². The number of amides is 1. The van der Waals surface area contributed by atoms with Gasteiger partial charge in [-0.05, 0) is 24.3 Å². The summed E-state index contributed by atoms with van der Waals surface area (Å²) >= 11 is 6.30. The van der Waals surface area contributed by atoms with Crippen molar-refractivity contribution in [2.75, 3.05) is 5.32 Å². The Morgan fingerprint density at radius 2 is 1.59 bits per heavy atom. The van der Waals surface area contributed by atoms with Crippen LogP contribution in [0.1, 0.15) is 26.3 Å². The third-order valence-corrected chi connectivity index (χ3v) is 4.62. The Hall–Kier alpha value is -3.55. The van der Waals surface area contributed by atoms with Crippen molar-refractivity contribution in [1.82, 2.24) is 14.5 Å². The number of aliphatic hydroxyl groups excluding tert-OH is 1. The molecule has 8 heteroatoms. The zero-order valence-corrected chi connectivity index (χ0v) is 15.8. The maximum atomic E-state index is 12.9. The molecule has 144 valence electrons. The van der Waals surface area contributed by atoms with E-state index in [4.69, 9.17) is 11.6 Å². The van der Waals surface area contributed by atoms with Gasteiger partial charge in [-0.25, -0.2) is 0 Å². The number of nitrogens with zero attached hydrogens (tertiary/aromatic N) is 3. The molecule has 7 nitrogen and oxygen atoms in total. The first-order chi connectivity index (χ1) is 14.1. The highest BCUT2D eigenvalue weighted by molar-refractivity contribution is 6.34. The summed E-state index contributed by atoms with van der Waals surface area (Å²) in [5.74, 6) is -0.789. The van der Waals surface area contributed by atoms with Crippen molar-refractivity contribution >= 4 is 40.4 Å². The topological polar surface area (TPSA) is 97.1 Å². The summed E-state index contributed by atoms with van der Waals surface area (Å²) in [7, 11) is 0. The van der Waals surface area contributed by atoms with Gasteiger partial charge in [-0.1, -0.05) is 48.0 Å². The summed E-state index contributed by atoms with van der Waals surface area (Å²) in [5.41, 5.74) is 1.49. The molecule has 0 saturated carbocycles. The van der Waals surface area contributed by atoms with Crippen molar-refractivity contribution < 1.29 is 14.7 Å². The first-order valence-electron chi connectivity index (χ1n) is 8.73. The Labute approximate surface area is 170 Å². The number of nitrogens with one attached hydrogen (secondary N) is 1. The summed E-state index contributed by atoms with van der Waals surface area (Å²) < 4.78 is 1.29. The van der Waals surface area contributed by atoms with Crippen LogP contribution in [-0.2, 0) is 6.61 Å². The van der Waals surface area contributed by atoms with Gasteiger partial charge in [0.25, 0.3) is 11.8 Å². The average molecular weight is 407 g/mol. The monoisotopic (exact) mass is 406 g/mol. The first-order valence-corrected chi connectivity index (χ1v) is 9.10. The molecule has 0 bridgehead atoms. The molecule has 29 heavy (non-hydrogen) atoms. The summed E-state index contributed by atoms with van der Waals surface area (Å²) in [6.45, 7) is -0.343. The fourth-order valence-electron chi connectivity index (χ4n) is 2.97. The number of aromatic nitrogens is 3. The highest BCUT2D eigenvalue weighted by Gasteiger charge is 2.21. The molecule has 0 unspecified atom stereocenters. The summed E-state index contributed by atoms with van der Waals surface area (Å²) in [4.78, 5) is 33.8. The molecule has 2 N–H and O–H groups in total. The quantitative estimate of drug-likeness (QED) is 0.505. The van der Waals surface area contributed by atoms with Crippen LogP contribution in [0.3, 0.4) is 0 Å². The lowest BCUT2D eigenvalue weighted by Gasteiger charge is -2.07. The van der Waals surface area contributed by atoms with Gasteiger partial charge >= 0.3 is 0 Å². The molecule has 0 aliphatic carbocycles. The number of hydrogen-bond acceptors (Lipinski definition) is 5. The molecule has 0 spiro atoms. The molecular weight excluding hydrogens is 392 g/mol. The van der Waals surface area contributed by atoms with Gasteiger partial charge in [-0.3, -0.25) is 19.5 Å². The van der Waals surface area contributed by atoms with Crippen LogP contribution in [0.15, 0.2) is 66.9 Å². The van der Waals surface area contributed by atoms with Crippen LogP contribution in [0.25, 0.3) is 11.0 Å². The van der Waals surface area contributed by atoms with E-state index in [0.29, 0.717) is 22.1 Å². The van der Waals surface area contributed by atoms with E-state index in [1.165, 1.54) is 10.8 Å². The van der Waals surface area contributed by atoms with Gasteiger partial charge in [0.15, 0.2) is 5.65 Å². The predicted octanol–water partition coefficient (Wildman–Crippen LogP) is 3.52. The van der Waals surface area contributed by atoms with E-state index in [1.54, 1.807) is 60.7 Å². The maximum Gasteiger partial charge on any atom is 0.263 e. The van der Waals surface area contributed by atoms with Gasteiger partial charge in [0.1, 0.15) is 5.15 Å². The van der Waals surface area contributed by atoms with Crippen LogP contribution in [0, 0.1) is 0 Å². The van der Waals surface area contributed by atoms with E-state index < -0.39 is 5.91 Å². The molecule has 4 aromatic rings. The van der Waals surface area contributed by atoms with Crippen molar-refractivity contribution in [3.05, 3.63) is 88.7 Å². The molecule has 0 aliphatic rings. The zero-order chi connectivity index (χ0) is 20.4. The highest BCUT2D eigenvalue weighted by atomic mass is 35.5. The number of carbonyl (C=O) groups excluding carboxylic acids is 2. The number of rotatable bonds is 4. The first kappa shape index (κ1) is 18.8. The molecule has 0 saturated heterocycles. The van der Waals surface area contributed by atoms with Gasteiger partial charge in [-0.15, -0.1) is 0 Å². The van der Waals surface area contributed by atoms with E-state index >= 15 is 0 Å². The van der Waals surface area contributed by atoms with E-state index in [9.17, 15) is 14.7 Å². The molecule has 2 aromatic heterocycles. The van der Waals surface area contributed by atoms with Crippen molar-refractivity contribution in [2.24, 2.45) is 0 Å². The lowest BCUT2D eigenvalue weighted by molar-refractivity contribution is 0.0963. The predicted molar refractivity (Wildman–Crippen MR) is 109 cm³/mol. The van der Waals surface area contributed by atoms with E-state index in [1.807, 2.05) is 0 Å². The maximum absolute atomic E-state index is 12.9. The standard InChI is InChI=1S/C21H15ClN4O3/c22-17-16-15(12-27)11-26(20(29)14-9-5-2-6-10-14)18(16)24-21(23-17)25-19(28)13-7-3-1-4-8-13/h1-11,27H,12H2,(H,23,24,25,28). The van der Waals surface area contributed by atoms with Gasteiger partial charge in [-0.2, -0.15) is 9.97 Å². The molecule has 0 atom stereocenters. The van der Waals surface area contributed by atoms with E-state index in [0.717, 1.165) is 0 Å². The van der Waals surface area contributed by atoms with Crippen molar-refractivity contribution in [2.45, 2.75) is 6.61 Å². The Kier molecular flexibility index (Phi) is 5.07. The zero-order valence-electron chi connectivity index (χ0n) is 15.0. The van der Waals surface area contributed by atoms with Crippen molar-refractivity contribution in [3.63, 3.8) is 0 Å². The van der Waals surface area contributed by atoms with Crippen molar-refractivity contribution in [3.8, 4) is 0 Å². The smallest absolute Gasteiger partial charge is 0.263 e. The lowest BCUT2D eigenvalue weighted by Crippen LogP contribution is -2.16. The van der Waals surface area contributed by atoms with Gasteiger partial charge in [0.05, 0.1) is 12.0 Å². The van der Waals surface area contributed by atoms with E-state index in [2.05, 4.69) is 15.3 Å². The van der Waals surface area contributed by atoms with Gasteiger partial charge in [0, 0.05) is 22.9 Å². The summed E-state index contributed by atoms with van der Waals surface area (Å²) in [5, 5.41) is 12.7. The molecule has 2 heterocycles. The SMILES string of the molecule is O=C(Nc1nc(Cl)c2c(CO)cn(C(=O)c3ccccc3)c2n1)c1ccccc1. The summed E-state index contributed by atoms with van der Waals surface area (Å²) in [6, 6.07) is 17.2. The number of benzene rings is 2.